The van der Waals surface area contributed by atoms with Gasteiger partial charge < -0.3 is 33.9 Å². The number of nitrogens with one attached hydrogen (secondary N) is 1. The van der Waals surface area contributed by atoms with Crippen molar-refractivity contribution >= 4 is 22.8 Å². The van der Waals surface area contributed by atoms with Crippen molar-refractivity contribution in [3.05, 3.63) is 24.0 Å². The first-order valence-electron chi connectivity index (χ1n) is 13.8. The van der Waals surface area contributed by atoms with E-state index < -0.39 is 0 Å². The average molecular weight is 530 g/mol. The third kappa shape index (κ3) is 6.47. The maximum absolute atomic E-state index is 14.3. The predicted octanol–water partition coefficient (Wildman–Crippen LogP) is 2.41. The molecular weight excluding hydrogens is 486 g/mol. The lowest BCUT2D eigenvalue weighted by Gasteiger charge is -2.40. The number of carbonyl (C=O) groups excluding carboxylic acids is 2. The molecule has 0 spiro atoms. The Morgan fingerprint density at radius 2 is 1.97 bits per heavy atom. The second-order valence-corrected chi connectivity index (χ2v) is 10.6. The van der Waals surface area contributed by atoms with Gasteiger partial charge in [0.15, 0.2) is 5.82 Å². The van der Waals surface area contributed by atoms with Crippen molar-refractivity contribution in [1.29, 1.82) is 0 Å². The van der Waals surface area contributed by atoms with E-state index in [9.17, 15) is 9.59 Å². The van der Waals surface area contributed by atoms with Gasteiger partial charge in [0, 0.05) is 59.0 Å². The molecule has 2 atom stereocenters. The molecule has 10 heteroatoms. The minimum Gasteiger partial charge on any atom is -0.494 e. The van der Waals surface area contributed by atoms with Gasteiger partial charge in [-0.3, -0.25) is 9.59 Å². The van der Waals surface area contributed by atoms with E-state index in [1.165, 1.54) is 0 Å². The number of fused-ring (bicyclic) bond motifs is 1. The highest BCUT2D eigenvalue weighted by atomic mass is 16.5. The molecule has 1 aromatic carbocycles. The van der Waals surface area contributed by atoms with Crippen LogP contribution in [0.5, 0.6) is 5.75 Å². The van der Waals surface area contributed by atoms with E-state index in [1.807, 2.05) is 32.6 Å². The average Bonchev–Trinajstić information content (AvgIpc) is 3.32. The fraction of sp³-hybridized carbons (Fsp3) is 0.679. The van der Waals surface area contributed by atoms with Crippen LogP contribution in [0.15, 0.2) is 18.2 Å². The number of ether oxygens (including phenoxy) is 3. The second-order valence-electron chi connectivity index (χ2n) is 10.6. The largest absolute Gasteiger partial charge is 0.494 e. The third-order valence-electron chi connectivity index (χ3n) is 7.40. The molecule has 0 radical (unpaired) electrons. The summed E-state index contributed by atoms with van der Waals surface area (Å²) in [5.41, 5.74) is 1.58. The van der Waals surface area contributed by atoms with Crippen LogP contribution in [0.3, 0.4) is 0 Å². The monoisotopic (exact) mass is 529 g/mol. The number of unbranched alkanes of at least 4 members (excludes halogenated alkanes) is 1. The molecule has 0 aliphatic carbocycles. The number of aromatic nitrogens is 2. The van der Waals surface area contributed by atoms with Gasteiger partial charge in [-0.05, 0) is 37.3 Å². The molecule has 210 valence electrons. The Hall–Kier alpha value is -2.69. The van der Waals surface area contributed by atoms with Gasteiger partial charge in [-0.1, -0.05) is 19.9 Å². The normalized spacial score (nSPS) is 20.2. The van der Waals surface area contributed by atoms with Gasteiger partial charge in [-0.25, -0.2) is 4.98 Å². The van der Waals surface area contributed by atoms with Gasteiger partial charge in [0.2, 0.25) is 5.91 Å². The maximum Gasteiger partial charge on any atom is 0.290 e. The van der Waals surface area contributed by atoms with Crippen LogP contribution in [-0.2, 0) is 20.8 Å². The Morgan fingerprint density at radius 1 is 1.18 bits per heavy atom. The number of methoxy groups -OCH3 is 2. The molecule has 4 rings (SSSR count). The maximum atomic E-state index is 14.3. The zero-order valence-corrected chi connectivity index (χ0v) is 23.3. The fourth-order valence-electron chi connectivity index (χ4n) is 5.50. The third-order valence-corrected chi connectivity index (χ3v) is 7.40. The number of morpholine rings is 1. The van der Waals surface area contributed by atoms with E-state index in [1.54, 1.807) is 14.2 Å². The molecule has 2 aliphatic rings. The molecule has 10 nitrogen and oxygen atoms in total. The molecule has 2 fully saturated rings. The lowest BCUT2D eigenvalue weighted by Crippen LogP contribution is -2.56. The number of amides is 2. The summed E-state index contributed by atoms with van der Waals surface area (Å²) in [6.45, 7) is 9.85. The number of imidazole rings is 1. The van der Waals surface area contributed by atoms with Crippen molar-refractivity contribution < 1.29 is 23.8 Å². The first-order valence-corrected chi connectivity index (χ1v) is 13.8. The highest BCUT2D eigenvalue weighted by molar-refractivity contribution is 5.96. The highest BCUT2D eigenvalue weighted by Gasteiger charge is 2.37. The van der Waals surface area contributed by atoms with Crippen LogP contribution < -0.4 is 10.1 Å². The Kier molecular flexibility index (Phi) is 9.98. The lowest BCUT2D eigenvalue weighted by molar-refractivity contribution is -0.140. The van der Waals surface area contributed by atoms with Crippen LogP contribution in [0.2, 0.25) is 0 Å². The van der Waals surface area contributed by atoms with E-state index in [4.69, 9.17) is 19.2 Å². The molecule has 1 aromatic heterocycles. The van der Waals surface area contributed by atoms with Gasteiger partial charge >= 0.3 is 0 Å². The minimum absolute atomic E-state index is 0.0997. The van der Waals surface area contributed by atoms with E-state index in [-0.39, 0.29) is 29.7 Å². The Balaban J connectivity index is 1.62. The van der Waals surface area contributed by atoms with E-state index >= 15 is 0 Å². The summed E-state index contributed by atoms with van der Waals surface area (Å²) in [7, 11) is 3.32. The van der Waals surface area contributed by atoms with E-state index in [2.05, 4.69) is 19.2 Å². The number of aryl methyl sites for hydroxylation is 1. The first kappa shape index (κ1) is 28.3. The topological polar surface area (TPSA) is 98.2 Å². The summed E-state index contributed by atoms with van der Waals surface area (Å²) in [4.78, 5) is 36.2. The summed E-state index contributed by atoms with van der Waals surface area (Å²) >= 11 is 0. The van der Waals surface area contributed by atoms with Gasteiger partial charge in [0.25, 0.3) is 5.91 Å². The quantitative estimate of drug-likeness (QED) is 0.447. The van der Waals surface area contributed by atoms with Crippen molar-refractivity contribution in [2.24, 2.45) is 11.8 Å². The lowest BCUT2D eigenvalue weighted by atomic mass is 9.92. The Labute approximate surface area is 225 Å². The number of rotatable bonds is 11. The minimum atomic E-state index is -0.165. The zero-order chi connectivity index (χ0) is 27.1. The number of piperidine rings is 1. The standard InChI is InChI=1S/C28H43N5O5/c1-20(2)19-33(22-16-21(17-29-18-22)27(34)31-11-14-38-15-12-31)28(35)26-30-25-23(8-7-9-24(25)37-4)32(26)10-5-6-13-36-3/h7-9,20-22,29H,5-6,10-19H2,1-4H3. The molecule has 2 saturated heterocycles. The van der Waals surface area contributed by atoms with Crippen LogP contribution in [0.4, 0.5) is 0 Å². The van der Waals surface area contributed by atoms with Crippen LogP contribution in [0, 0.1) is 11.8 Å². The van der Waals surface area contributed by atoms with Crippen molar-refractivity contribution in [2.45, 2.75) is 45.7 Å². The van der Waals surface area contributed by atoms with E-state index in [0.717, 1.165) is 18.4 Å². The molecule has 38 heavy (non-hydrogen) atoms. The van der Waals surface area contributed by atoms with Crippen molar-refractivity contribution in [3.63, 3.8) is 0 Å². The molecule has 2 unspecified atom stereocenters. The SMILES string of the molecule is COCCCCn1c(C(=O)N(CC(C)C)C2CNCC(C(=O)N3CCOCC3)C2)nc2c(OC)cccc21. The van der Waals surface area contributed by atoms with Crippen molar-refractivity contribution in [2.75, 3.05) is 66.8 Å². The van der Waals surface area contributed by atoms with Gasteiger partial charge in [0.05, 0.1) is 31.8 Å². The summed E-state index contributed by atoms with van der Waals surface area (Å²) in [6, 6.07) is 5.70. The van der Waals surface area contributed by atoms with Crippen LogP contribution in [0.1, 0.15) is 43.7 Å². The molecular formula is C28H43N5O5. The van der Waals surface area contributed by atoms with Gasteiger partial charge in [0.1, 0.15) is 11.3 Å². The molecule has 1 N–H and O–H groups in total. The Morgan fingerprint density at radius 3 is 2.68 bits per heavy atom. The summed E-state index contributed by atoms with van der Waals surface area (Å²) in [5, 5.41) is 3.44. The zero-order valence-electron chi connectivity index (χ0n) is 23.3. The second kappa shape index (κ2) is 13.4. The highest BCUT2D eigenvalue weighted by Crippen LogP contribution is 2.28. The number of hydrogen-bond donors (Lipinski definition) is 1. The van der Waals surface area contributed by atoms with Gasteiger partial charge in [-0.2, -0.15) is 0 Å². The van der Waals surface area contributed by atoms with Crippen LogP contribution >= 0.6 is 0 Å². The van der Waals surface area contributed by atoms with Crippen LogP contribution in [-0.4, -0.2) is 104 Å². The predicted molar refractivity (Wildman–Crippen MR) is 145 cm³/mol. The number of nitrogens with zero attached hydrogens (tertiary/aromatic N) is 4. The van der Waals surface area contributed by atoms with E-state index in [0.29, 0.717) is 82.6 Å². The number of carbonyl (C=O) groups is 2. The molecule has 2 amide bonds. The number of benzene rings is 1. The smallest absolute Gasteiger partial charge is 0.290 e. The molecule has 2 aromatic rings. The Bertz CT molecular complexity index is 1080. The first-order chi connectivity index (χ1) is 18.4. The molecule has 3 heterocycles. The summed E-state index contributed by atoms with van der Waals surface area (Å²) < 4.78 is 18.3. The van der Waals surface area contributed by atoms with Crippen molar-refractivity contribution in [1.82, 2.24) is 24.7 Å². The number of hydrogen-bond acceptors (Lipinski definition) is 7. The molecule has 2 aliphatic heterocycles. The molecule has 0 saturated carbocycles. The molecule has 0 bridgehead atoms. The van der Waals surface area contributed by atoms with Crippen molar-refractivity contribution in [3.8, 4) is 5.75 Å². The summed E-state index contributed by atoms with van der Waals surface area (Å²) in [5.74, 6) is 1.22. The van der Waals surface area contributed by atoms with Gasteiger partial charge in [-0.15, -0.1) is 0 Å². The summed E-state index contributed by atoms with van der Waals surface area (Å²) in [6.07, 6.45) is 2.39. The fourth-order valence-corrected chi connectivity index (χ4v) is 5.50. The number of para-hydroxylation sites is 1. The van der Waals surface area contributed by atoms with Crippen LogP contribution in [0.25, 0.3) is 11.0 Å².